The van der Waals surface area contributed by atoms with E-state index < -0.39 is 0 Å². The molecule has 2 aromatic carbocycles. The summed E-state index contributed by atoms with van der Waals surface area (Å²) in [5, 5.41) is 4.14. The highest BCUT2D eigenvalue weighted by Gasteiger charge is 2.12. The zero-order valence-electron chi connectivity index (χ0n) is 21.6. The molecule has 37 heavy (non-hydrogen) atoms. The lowest BCUT2D eigenvalue weighted by Gasteiger charge is -2.14. The monoisotopic (exact) mass is 506 g/mol. The van der Waals surface area contributed by atoms with Gasteiger partial charge in [0.15, 0.2) is 11.5 Å². The van der Waals surface area contributed by atoms with Crippen molar-refractivity contribution < 1.29 is 23.9 Å². The summed E-state index contributed by atoms with van der Waals surface area (Å²) in [5.41, 5.74) is 4.65. The Kier molecular flexibility index (Phi) is 13.0. The molecule has 3 rings (SSSR count). The van der Waals surface area contributed by atoms with E-state index in [9.17, 15) is 9.59 Å². The Labute approximate surface area is 217 Å². The first kappa shape index (κ1) is 29.1. The van der Waals surface area contributed by atoms with E-state index in [0.717, 1.165) is 54.1 Å². The van der Waals surface area contributed by atoms with Crippen LogP contribution < -0.4 is 20.3 Å². The number of aldehydes is 1. The highest BCUT2D eigenvalue weighted by molar-refractivity contribution is 5.93. The first-order valence-corrected chi connectivity index (χ1v) is 12.2. The molecule has 0 bridgehead atoms. The number of hydrogen-bond donors (Lipinski definition) is 2. The van der Waals surface area contributed by atoms with Crippen molar-refractivity contribution in [2.75, 3.05) is 26.1 Å². The van der Waals surface area contributed by atoms with Gasteiger partial charge < -0.3 is 24.4 Å². The molecular formula is C28H34N4O5. The lowest BCUT2D eigenvalue weighted by Crippen LogP contribution is -2.13. The molecule has 1 heterocycles. The average molecular weight is 507 g/mol. The lowest BCUT2D eigenvalue weighted by atomic mass is 10.1. The standard InChI is InChI=1S/C24H25N3O3.C4H9NO2/c1-3-18-10-9-11-19(14-18)27-24-20-15-23(30-13-8-6-4-5-7-12-28)22(29-2)16-21(20)25-17-26-24;1-3-4(6)7-5-2/h1,9-12,14-17H,4-8,13H2,2H3,(H,25,26,27);5H,3H2,1-2H3. The fourth-order valence-corrected chi connectivity index (χ4v) is 3.31. The van der Waals surface area contributed by atoms with Crippen LogP contribution in [0, 0.1) is 12.3 Å². The van der Waals surface area contributed by atoms with Crippen LogP contribution in [0.5, 0.6) is 11.5 Å². The molecule has 0 aliphatic carbocycles. The summed E-state index contributed by atoms with van der Waals surface area (Å²) in [4.78, 5) is 33.5. The van der Waals surface area contributed by atoms with Crippen molar-refractivity contribution in [3.63, 3.8) is 0 Å². The summed E-state index contributed by atoms with van der Waals surface area (Å²) in [6, 6.07) is 11.3. The molecule has 0 saturated carbocycles. The van der Waals surface area contributed by atoms with Gasteiger partial charge in [-0.3, -0.25) is 4.79 Å². The van der Waals surface area contributed by atoms with Crippen LogP contribution in [0.15, 0.2) is 42.7 Å². The first-order chi connectivity index (χ1) is 18.1. The number of ether oxygens (including phenoxy) is 2. The fraction of sp³-hybridized carbons (Fsp3) is 0.357. The molecule has 0 unspecified atom stereocenters. The quantitative estimate of drug-likeness (QED) is 0.144. The van der Waals surface area contributed by atoms with Crippen LogP contribution in [-0.4, -0.2) is 43.0 Å². The number of nitrogens with zero attached hydrogens (tertiary/aromatic N) is 2. The van der Waals surface area contributed by atoms with Crippen LogP contribution >= 0.6 is 0 Å². The fourth-order valence-electron chi connectivity index (χ4n) is 3.31. The highest BCUT2D eigenvalue weighted by Crippen LogP contribution is 2.35. The van der Waals surface area contributed by atoms with Gasteiger partial charge in [-0.1, -0.05) is 31.8 Å². The van der Waals surface area contributed by atoms with Crippen LogP contribution in [0.3, 0.4) is 0 Å². The number of nitrogens with one attached hydrogen (secondary N) is 2. The largest absolute Gasteiger partial charge is 0.493 e. The smallest absolute Gasteiger partial charge is 0.324 e. The number of carbonyl (C=O) groups is 2. The Morgan fingerprint density at radius 3 is 2.59 bits per heavy atom. The van der Waals surface area contributed by atoms with Crippen molar-refractivity contribution in [2.45, 2.75) is 45.4 Å². The number of rotatable bonds is 13. The molecule has 0 spiro atoms. The Hall–Kier alpha value is -4.16. The third-order valence-corrected chi connectivity index (χ3v) is 5.19. The van der Waals surface area contributed by atoms with Gasteiger partial charge in [-0.25, -0.2) is 9.97 Å². The number of hydroxylamine groups is 1. The van der Waals surface area contributed by atoms with E-state index in [2.05, 4.69) is 31.5 Å². The second-order valence-electron chi connectivity index (χ2n) is 7.84. The van der Waals surface area contributed by atoms with E-state index in [-0.39, 0.29) is 5.97 Å². The van der Waals surface area contributed by atoms with Crippen LogP contribution in [0.2, 0.25) is 0 Å². The topological polar surface area (TPSA) is 112 Å². The predicted molar refractivity (Wildman–Crippen MR) is 144 cm³/mol. The molecule has 0 amide bonds. The number of benzene rings is 2. The number of aromatic nitrogens is 2. The average Bonchev–Trinajstić information content (AvgIpc) is 2.93. The molecule has 0 aliphatic heterocycles. The second kappa shape index (κ2) is 16.5. The third-order valence-electron chi connectivity index (χ3n) is 5.19. The molecule has 0 fully saturated rings. The zero-order valence-corrected chi connectivity index (χ0v) is 21.6. The van der Waals surface area contributed by atoms with Gasteiger partial charge in [0.1, 0.15) is 18.4 Å². The summed E-state index contributed by atoms with van der Waals surface area (Å²) in [6.07, 6.45) is 12.9. The summed E-state index contributed by atoms with van der Waals surface area (Å²) in [5.74, 6) is 4.34. The predicted octanol–water partition coefficient (Wildman–Crippen LogP) is 4.97. The molecule has 1 aromatic heterocycles. The summed E-state index contributed by atoms with van der Waals surface area (Å²) >= 11 is 0. The molecular weight excluding hydrogens is 472 g/mol. The Morgan fingerprint density at radius 1 is 1.11 bits per heavy atom. The van der Waals surface area contributed by atoms with E-state index >= 15 is 0 Å². The van der Waals surface area contributed by atoms with Crippen molar-refractivity contribution in [1.29, 1.82) is 0 Å². The van der Waals surface area contributed by atoms with E-state index in [1.165, 1.54) is 6.33 Å². The summed E-state index contributed by atoms with van der Waals surface area (Å²) in [7, 11) is 3.16. The molecule has 0 aliphatic rings. The minimum absolute atomic E-state index is 0.234. The van der Waals surface area contributed by atoms with Gasteiger partial charge in [0.2, 0.25) is 0 Å². The van der Waals surface area contributed by atoms with Crippen LogP contribution in [0.1, 0.15) is 51.0 Å². The third kappa shape index (κ3) is 9.78. The Balaban J connectivity index is 0.000000604. The van der Waals surface area contributed by atoms with Crippen LogP contribution in [-0.2, 0) is 14.4 Å². The van der Waals surface area contributed by atoms with Crippen LogP contribution in [0.25, 0.3) is 10.9 Å². The molecule has 9 heteroatoms. The number of anilines is 2. The summed E-state index contributed by atoms with van der Waals surface area (Å²) in [6.45, 7) is 2.31. The Bertz CT molecular complexity index is 1190. The van der Waals surface area contributed by atoms with Gasteiger partial charge in [0.05, 0.1) is 19.2 Å². The molecule has 3 aromatic rings. The molecule has 0 atom stereocenters. The maximum Gasteiger partial charge on any atom is 0.324 e. The van der Waals surface area contributed by atoms with E-state index in [1.54, 1.807) is 21.1 Å². The minimum Gasteiger partial charge on any atom is -0.493 e. The van der Waals surface area contributed by atoms with Gasteiger partial charge in [-0.15, -0.1) is 6.42 Å². The second-order valence-corrected chi connectivity index (χ2v) is 7.84. The maximum atomic E-state index is 10.4. The van der Waals surface area contributed by atoms with Crippen molar-refractivity contribution in [3.8, 4) is 23.8 Å². The lowest BCUT2D eigenvalue weighted by molar-refractivity contribution is -0.149. The molecule has 0 saturated heterocycles. The van der Waals surface area contributed by atoms with Crippen molar-refractivity contribution in [2.24, 2.45) is 0 Å². The number of unbranched alkanes of at least 4 members (excludes halogenated alkanes) is 4. The van der Waals surface area contributed by atoms with Crippen molar-refractivity contribution in [3.05, 3.63) is 48.3 Å². The number of carbonyl (C=O) groups excluding carboxylic acids is 2. The van der Waals surface area contributed by atoms with E-state index in [0.29, 0.717) is 36.8 Å². The van der Waals surface area contributed by atoms with Gasteiger partial charge in [-0.2, -0.15) is 5.48 Å². The molecule has 196 valence electrons. The normalized spacial score (nSPS) is 10.0. The van der Waals surface area contributed by atoms with Gasteiger partial charge in [-0.05, 0) is 37.1 Å². The van der Waals surface area contributed by atoms with Crippen molar-refractivity contribution >= 4 is 34.7 Å². The molecule has 2 N–H and O–H groups in total. The highest BCUT2D eigenvalue weighted by atomic mass is 16.7. The van der Waals surface area contributed by atoms with Gasteiger partial charge in [0, 0.05) is 42.6 Å². The first-order valence-electron chi connectivity index (χ1n) is 12.2. The van der Waals surface area contributed by atoms with Crippen LogP contribution in [0.4, 0.5) is 11.5 Å². The number of fused-ring (bicyclic) bond motifs is 1. The van der Waals surface area contributed by atoms with Gasteiger partial charge >= 0.3 is 5.97 Å². The number of methoxy groups -OCH3 is 1. The zero-order chi connectivity index (χ0) is 26.9. The van der Waals surface area contributed by atoms with Gasteiger partial charge in [0.25, 0.3) is 0 Å². The molecule has 9 nitrogen and oxygen atoms in total. The minimum atomic E-state index is -0.234. The summed E-state index contributed by atoms with van der Waals surface area (Å²) < 4.78 is 11.5. The molecule has 0 radical (unpaired) electrons. The Morgan fingerprint density at radius 2 is 1.92 bits per heavy atom. The number of hydrogen-bond acceptors (Lipinski definition) is 9. The van der Waals surface area contributed by atoms with E-state index in [1.807, 2.05) is 36.4 Å². The number of terminal acetylenes is 1. The van der Waals surface area contributed by atoms with E-state index in [4.69, 9.17) is 15.9 Å². The van der Waals surface area contributed by atoms with Crippen molar-refractivity contribution in [1.82, 2.24) is 15.4 Å². The SMILES string of the molecule is C#Cc1cccc(Nc2ncnc3cc(OC)c(OCCCCCCC=O)cc23)c1.CCC(=O)ONC. The maximum absolute atomic E-state index is 10.4.